The molecule has 2 rings (SSSR count). The van der Waals surface area contributed by atoms with Crippen molar-refractivity contribution >= 4 is 33.2 Å². The van der Waals surface area contributed by atoms with Crippen molar-refractivity contribution in [2.24, 2.45) is 0 Å². The predicted molar refractivity (Wildman–Crippen MR) is 78.6 cm³/mol. The molecule has 0 radical (unpaired) electrons. The molecule has 1 aromatic carbocycles. The lowest BCUT2D eigenvalue weighted by Gasteiger charge is -2.08. The van der Waals surface area contributed by atoms with Gasteiger partial charge in [-0.1, -0.05) is 17.7 Å². The zero-order valence-electron chi connectivity index (χ0n) is 10.7. The number of nitrogens with zero attached hydrogens (tertiary/aromatic N) is 3. The molecule has 0 bridgehead atoms. The topological polar surface area (TPSA) is 87.4 Å². The van der Waals surface area contributed by atoms with Crippen molar-refractivity contribution in [3.8, 4) is 11.6 Å². The first-order chi connectivity index (χ1) is 10.0. The zero-order valence-corrected chi connectivity index (χ0v) is 13.1. The second kappa shape index (κ2) is 6.79. The second-order valence-corrected chi connectivity index (χ2v) is 5.07. The van der Waals surface area contributed by atoms with Gasteiger partial charge >= 0.3 is 5.69 Å². The van der Waals surface area contributed by atoms with E-state index in [2.05, 4.69) is 25.9 Å². The van der Waals surface area contributed by atoms with Gasteiger partial charge in [-0.2, -0.15) is 4.98 Å². The minimum Gasteiger partial charge on any atom is -0.430 e. The van der Waals surface area contributed by atoms with Crippen molar-refractivity contribution in [1.82, 2.24) is 9.97 Å². The number of rotatable bonds is 5. The van der Waals surface area contributed by atoms with Crippen LogP contribution >= 0.6 is 27.5 Å². The van der Waals surface area contributed by atoms with Crippen molar-refractivity contribution in [3.63, 3.8) is 0 Å². The van der Waals surface area contributed by atoms with E-state index < -0.39 is 4.92 Å². The zero-order chi connectivity index (χ0) is 15.4. The third kappa shape index (κ3) is 3.87. The molecule has 0 amide bonds. The summed E-state index contributed by atoms with van der Waals surface area (Å²) in [7, 11) is 1.49. The average Bonchev–Trinajstić information content (AvgIpc) is 2.40. The van der Waals surface area contributed by atoms with Crippen LogP contribution in [0.3, 0.4) is 0 Å². The van der Waals surface area contributed by atoms with Crippen molar-refractivity contribution < 1.29 is 14.4 Å². The Morgan fingerprint density at radius 2 is 2.19 bits per heavy atom. The molecule has 0 aliphatic carbocycles. The van der Waals surface area contributed by atoms with Crippen LogP contribution in [0.2, 0.25) is 5.15 Å². The van der Waals surface area contributed by atoms with Crippen LogP contribution < -0.4 is 4.74 Å². The van der Waals surface area contributed by atoms with Gasteiger partial charge in [-0.15, -0.1) is 0 Å². The number of hydrogen-bond acceptors (Lipinski definition) is 6. The van der Waals surface area contributed by atoms with Gasteiger partial charge in [0.15, 0.2) is 5.82 Å². The Morgan fingerprint density at radius 3 is 2.86 bits per heavy atom. The molecular formula is C12H9BrClN3O4. The monoisotopic (exact) mass is 373 g/mol. The number of halogens is 2. The molecule has 0 unspecified atom stereocenters. The number of aromatic nitrogens is 2. The van der Waals surface area contributed by atoms with E-state index in [9.17, 15) is 10.1 Å². The van der Waals surface area contributed by atoms with Gasteiger partial charge in [0, 0.05) is 19.2 Å². The predicted octanol–water partition coefficient (Wildman–Crippen LogP) is 3.74. The molecule has 2 aromatic rings. The number of nitro benzene ring substituents is 1. The molecule has 0 atom stereocenters. The smallest absolute Gasteiger partial charge is 0.312 e. The summed E-state index contributed by atoms with van der Waals surface area (Å²) in [5.41, 5.74) is -0.188. The highest BCUT2D eigenvalue weighted by Gasteiger charge is 2.19. The summed E-state index contributed by atoms with van der Waals surface area (Å²) in [6.45, 7) is 0.148. The molecule has 0 N–H and O–H groups in total. The molecule has 0 aliphatic heterocycles. The lowest BCUT2D eigenvalue weighted by atomic mass is 10.3. The van der Waals surface area contributed by atoms with Crippen molar-refractivity contribution in [1.29, 1.82) is 0 Å². The summed E-state index contributed by atoms with van der Waals surface area (Å²) in [4.78, 5) is 18.5. The van der Waals surface area contributed by atoms with Crippen molar-refractivity contribution in [2.75, 3.05) is 7.11 Å². The Morgan fingerprint density at radius 1 is 1.43 bits per heavy atom. The standard InChI is InChI=1S/C12H9BrClN3O4/c1-20-6-10-15-9(14)5-11(16-10)21-12-7(13)3-2-4-8(12)17(18)19/h2-5H,6H2,1H3. The van der Waals surface area contributed by atoms with Crippen LogP contribution in [0.15, 0.2) is 28.7 Å². The highest BCUT2D eigenvalue weighted by molar-refractivity contribution is 9.10. The third-order valence-corrected chi connectivity index (χ3v) is 3.16. The largest absolute Gasteiger partial charge is 0.430 e. The highest BCUT2D eigenvalue weighted by atomic mass is 79.9. The number of para-hydroxylation sites is 1. The maximum atomic E-state index is 11.0. The van der Waals surface area contributed by atoms with E-state index in [4.69, 9.17) is 21.1 Å². The maximum absolute atomic E-state index is 11.0. The van der Waals surface area contributed by atoms with Gasteiger partial charge < -0.3 is 9.47 Å². The Balaban J connectivity index is 2.40. The van der Waals surface area contributed by atoms with Gasteiger partial charge in [-0.3, -0.25) is 10.1 Å². The molecule has 110 valence electrons. The minimum atomic E-state index is -0.543. The van der Waals surface area contributed by atoms with Crippen LogP contribution in [0, 0.1) is 10.1 Å². The molecule has 0 fully saturated rings. The van der Waals surface area contributed by atoms with Gasteiger partial charge in [0.1, 0.15) is 11.8 Å². The van der Waals surface area contributed by atoms with Gasteiger partial charge in [-0.25, -0.2) is 4.98 Å². The summed E-state index contributed by atoms with van der Waals surface area (Å²) in [5, 5.41) is 11.2. The summed E-state index contributed by atoms with van der Waals surface area (Å²) in [5.74, 6) is 0.451. The SMILES string of the molecule is COCc1nc(Cl)cc(Oc2c(Br)cccc2[N+](=O)[O-])n1. The van der Waals surface area contributed by atoms with E-state index in [1.165, 1.54) is 19.2 Å². The first kappa shape index (κ1) is 15.6. The molecule has 1 heterocycles. The number of nitro groups is 1. The molecule has 9 heteroatoms. The van der Waals surface area contributed by atoms with Gasteiger partial charge in [0.2, 0.25) is 11.6 Å². The summed E-state index contributed by atoms with van der Waals surface area (Å²) in [6, 6.07) is 5.86. The molecule has 0 spiro atoms. The van der Waals surface area contributed by atoms with E-state index in [0.717, 1.165) is 0 Å². The third-order valence-electron chi connectivity index (χ3n) is 2.34. The first-order valence-electron chi connectivity index (χ1n) is 5.64. The van der Waals surface area contributed by atoms with E-state index in [1.54, 1.807) is 12.1 Å². The fraction of sp³-hybridized carbons (Fsp3) is 0.167. The van der Waals surface area contributed by atoms with E-state index in [0.29, 0.717) is 10.3 Å². The molecule has 0 aliphatic rings. The van der Waals surface area contributed by atoms with E-state index in [1.807, 2.05) is 0 Å². The van der Waals surface area contributed by atoms with Crippen molar-refractivity contribution in [3.05, 3.63) is 49.8 Å². The summed E-state index contributed by atoms with van der Waals surface area (Å²) in [6.07, 6.45) is 0. The van der Waals surface area contributed by atoms with Crippen LogP contribution in [0.25, 0.3) is 0 Å². The maximum Gasteiger partial charge on any atom is 0.312 e. The molecule has 1 aromatic heterocycles. The Hall–Kier alpha value is -1.77. The van der Waals surface area contributed by atoms with Crippen LogP contribution in [0.1, 0.15) is 5.82 Å². The van der Waals surface area contributed by atoms with Gasteiger partial charge in [0.05, 0.1) is 9.40 Å². The Kier molecular flexibility index (Phi) is 5.05. The fourth-order valence-electron chi connectivity index (χ4n) is 1.53. The molecule has 7 nitrogen and oxygen atoms in total. The number of ether oxygens (including phenoxy) is 2. The second-order valence-electron chi connectivity index (χ2n) is 3.83. The molecule has 21 heavy (non-hydrogen) atoms. The highest BCUT2D eigenvalue weighted by Crippen LogP contribution is 2.37. The summed E-state index contributed by atoms with van der Waals surface area (Å²) >= 11 is 9.07. The molecule has 0 saturated heterocycles. The van der Waals surface area contributed by atoms with Crippen LogP contribution in [-0.4, -0.2) is 22.0 Å². The lowest BCUT2D eigenvalue weighted by molar-refractivity contribution is -0.385. The lowest BCUT2D eigenvalue weighted by Crippen LogP contribution is -2.01. The van der Waals surface area contributed by atoms with Crippen LogP contribution in [-0.2, 0) is 11.3 Å². The Bertz CT molecular complexity index is 684. The van der Waals surface area contributed by atoms with E-state index in [-0.39, 0.29) is 29.1 Å². The van der Waals surface area contributed by atoms with E-state index >= 15 is 0 Å². The van der Waals surface area contributed by atoms with Gasteiger partial charge in [0.25, 0.3) is 0 Å². The quantitative estimate of drug-likeness (QED) is 0.450. The molecular weight excluding hydrogens is 366 g/mol. The van der Waals surface area contributed by atoms with Crippen LogP contribution in [0.4, 0.5) is 5.69 Å². The van der Waals surface area contributed by atoms with Crippen molar-refractivity contribution in [2.45, 2.75) is 6.61 Å². The number of methoxy groups -OCH3 is 1. The average molecular weight is 375 g/mol. The number of benzene rings is 1. The normalized spacial score (nSPS) is 10.4. The minimum absolute atomic E-state index is 0.0423. The van der Waals surface area contributed by atoms with Crippen LogP contribution in [0.5, 0.6) is 11.6 Å². The Labute approximate surface area is 133 Å². The summed E-state index contributed by atoms with van der Waals surface area (Å²) < 4.78 is 10.8. The first-order valence-corrected chi connectivity index (χ1v) is 6.81. The number of hydrogen-bond donors (Lipinski definition) is 0. The molecule has 0 saturated carbocycles. The fourth-order valence-corrected chi connectivity index (χ4v) is 2.16. The van der Waals surface area contributed by atoms with Gasteiger partial charge in [-0.05, 0) is 22.0 Å².